The lowest BCUT2D eigenvalue weighted by Crippen LogP contribution is -2.46. The summed E-state index contributed by atoms with van der Waals surface area (Å²) >= 11 is 1.93. The summed E-state index contributed by atoms with van der Waals surface area (Å²) in [6, 6.07) is 0.335. The molecule has 0 aromatic carbocycles. The third kappa shape index (κ3) is 4.56. The molecule has 2 saturated heterocycles. The van der Waals surface area contributed by atoms with Gasteiger partial charge in [0.15, 0.2) is 0 Å². The van der Waals surface area contributed by atoms with Gasteiger partial charge in [0, 0.05) is 30.9 Å². The normalized spacial score (nSPS) is 31.4. The Morgan fingerprint density at radius 3 is 2.95 bits per heavy atom. The molecule has 19 heavy (non-hydrogen) atoms. The molecule has 2 fully saturated rings. The van der Waals surface area contributed by atoms with E-state index in [1.165, 1.54) is 12.2 Å². The summed E-state index contributed by atoms with van der Waals surface area (Å²) in [6.45, 7) is 5.93. The van der Waals surface area contributed by atoms with Crippen molar-refractivity contribution in [2.45, 2.75) is 45.3 Å². The summed E-state index contributed by atoms with van der Waals surface area (Å²) in [4.78, 5) is 11.9. The van der Waals surface area contributed by atoms with Gasteiger partial charge in [-0.1, -0.05) is 13.8 Å². The second kappa shape index (κ2) is 7.39. The molecule has 3 atom stereocenters. The van der Waals surface area contributed by atoms with Gasteiger partial charge in [0.05, 0.1) is 6.10 Å². The van der Waals surface area contributed by atoms with Gasteiger partial charge < -0.3 is 15.4 Å². The van der Waals surface area contributed by atoms with Crippen molar-refractivity contribution in [1.82, 2.24) is 10.6 Å². The fourth-order valence-electron chi connectivity index (χ4n) is 2.93. The van der Waals surface area contributed by atoms with Gasteiger partial charge in [-0.15, -0.1) is 0 Å². The Bertz CT molecular complexity index is 293. The molecule has 0 unspecified atom stereocenters. The van der Waals surface area contributed by atoms with Crippen LogP contribution in [-0.2, 0) is 4.74 Å². The molecule has 4 nitrogen and oxygen atoms in total. The monoisotopic (exact) mass is 286 g/mol. The second-order valence-corrected chi connectivity index (χ2v) is 7.05. The maximum Gasteiger partial charge on any atom is 0.315 e. The summed E-state index contributed by atoms with van der Waals surface area (Å²) in [5.41, 5.74) is 0. The number of urea groups is 1. The van der Waals surface area contributed by atoms with Crippen molar-refractivity contribution in [3.63, 3.8) is 0 Å². The van der Waals surface area contributed by atoms with Crippen LogP contribution in [0.15, 0.2) is 0 Å². The molecular weight excluding hydrogens is 260 g/mol. The molecule has 0 aromatic rings. The highest BCUT2D eigenvalue weighted by molar-refractivity contribution is 7.99. The van der Waals surface area contributed by atoms with Crippen molar-refractivity contribution in [1.29, 1.82) is 0 Å². The molecule has 2 amide bonds. The number of carbonyl (C=O) groups excluding carboxylic acids is 1. The van der Waals surface area contributed by atoms with E-state index in [9.17, 15) is 4.79 Å². The van der Waals surface area contributed by atoms with Crippen LogP contribution < -0.4 is 10.6 Å². The predicted molar refractivity (Wildman–Crippen MR) is 79.6 cm³/mol. The molecule has 0 aliphatic carbocycles. The van der Waals surface area contributed by atoms with Crippen LogP contribution in [-0.4, -0.2) is 42.8 Å². The Labute approximate surface area is 120 Å². The van der Waals surface area contributed by atoms with Gasteiger partial charge in [-0.3, -0.25) is 0 Å². The van der Waals surface area contributed by atoms with Crippen LogP contribution in [0.4, 0.5) is 4.79 Å². The summed E-state index contributed by atoms with van der Waals surface area (Å²) in [5, 5.41) is 6.09. The van der Waals surface area contributed by atoms with Crippen LogP contribution in [0.1, 0.15) is 33.1 Å². The first kappa shape index (κ1) is 15.0. The van der Waals surface area contributed by atoms with Gasteiger partial charge in [0.1, 0.15) is 0 Å². The largest absolute Gasteiger partial charge is 0.378 e. The molecule has 2 heterocycles. The number of carbonyl (C=O) groups is 1. The maximum absolute atomic E-state index is 11.9. The van der Waals surface area contributed by atoms with Gasteiger partial charge in [-0.2, -0.15) is 11.8 Å². The SMILES string of the molecule is CC(C)[C@@H]1OCC[C@H]1CNC(=O)N[C@H]1CCCSC1. The number of amides is 2. The number of rotatable bonds is 4. The number of hydrogen-bond donors (Lipinski definition) is 2. The lowest BCUT2D eigenvalue weighted by molar-refractivity contribution is 0.0545. The Morgan fingerprint density at radius 2 is 2.26 bits per heavy atom. The Balaban J connectivity index is 1.68. The minimum absolute atomic E-state index is 0.0121. The molecule has 2 N–H and O–H groups in total. The van der Waals surface area contributed by atoms with Gasteiger partial charge in [0.25, 0.3) is 0 Å². The lowest BCUT2D eigenvalue weighted by Gasteiger charge is -2.25. The highest BCUT2D eigenvalue weighted by Crippen LogP contribution is 2.26. The van der Waals surface area contributed by atoms with Crippen LogP contribution in [0.3, 0.4) is 0 Å². The number of nitrogens with one attached hydrogen (secondary N) is 2. The van der Waals surface area contributed by atoms with Crippen molar-refractivity contribution in [3.8, 4) is 0 Å². The summed E-state index contributed by atoms with van der Waals surface area (Å²) in [5.74, 6) is 3.27. The van der Waals surface area contributed by atoms with Gasteiger partial charge in [-0.05, 0) is 30.9 Å². The van der Waals surface area contributed by atoms with Crippen molar-refractivity contribution >= 4 is 17.8 Å². The molecule has 2 aliphatic rings. The quantitative estimate of drug-likeness (QED) is 0.833. The molecule has 2 rings (SSSR count). The second-order valence-electron chi connectivity index (χ2n) is 5.90. The smallest absolute Gasteiger partial charge is 0.315 e. The van der Waals surface area contributed by atoms with Crippen LogP contribution >= 0.6 is 11.8 Å². The molecule has 2 aliphatic heterocycles. The van der Waals surface area contributed by atoms with E-state index in [-0.39, 0.29) is 6.03 Å². The van der Waals surface area contributed by atoms with Gasteiger partial charge in [0.2, 0.25) is 0 Å². The molecular formula is C14H26N2O2S. The number of ether oxygens (including phenoxy) is 1. The van der Waals surface area contributed by atoms with Crippen molar-refractivity contribution < 1.29 is 9.53 Å². The standard InChI is InChI=1S/C14H26N2O2S/c1-10(2)13-11(5-6-18-13)8-15-14(17)16-12-4-3-7-19-9-12/h10-13H,3-9H2,1-2H3,(H2,15,16,17)/t11-,12-,13-/m0/s1. The first-order valence-corrected chi connectivity index (χ1v) is 8.56. The first-order chi connectivity index (χ1) is 9.16. The average molecular weight is 286 g/mol. The zero-order valence-electron chi connectivity index (χ0n) is 12.0. The molecule has 110 valence electrons. The van der Waals surface area contributed by atoms with Crippen molar-refractivity contribution in [2.75, 3.05) is 24.7 Å². The Morgan fingerprint density at radius 1 is 1.42 bits per heavy atom. The average Bonchev–Trinajstić information content (AvgIpc) is 2.86. The van der Waals surface area contributed by atoms with Crippen LogP contribution in [0, 0.1) is 11.8 Å². The van der Waals surface area contributed by atoms with Crippen molar-refractivity contribution in [2.24, 2.45) is 11.8 Å². The maximum atomic E-state index is 11.9. The highest BCUT2D eigenvalue weighted by atomic mass is 32.2. The molecule has 0 saturated carbocycles. The minimum atomic E-state index is -0.0121. The Kier molecular flexibility index (Phi) is 5.82. The number of hydrogen-bond acceptors (Lipinski definition) is 3. The molecule has 0 aromatic heterocycles. The van der Waals surface area contributed by atoms with Gasteiger partial charge >= 0.3 is 6.03 Å². The Hall–Kier alpha value is -0.420. The third-order valence-electron chi connectivity index (χ3n) is 3.94. The summed E-state index contributed by atoms with van der Waals surface area (Å²) < 4.78 is 5.73. The summed E-state index contributed by atoms with van der Waals surface area (Å²) in [7, 11) is 0. The fourth-order valence-corrected chi connectivity index (χ4v) is 4.00. The van der Waals surface area contributed by atoms with Crippen molar-refractivity contribution in [3.05, 3.63) is 0 Å². The van der Waals surface area contributed by atoms with E-state index in [1.807, 2.05) is 11.8 Å². The van der Waals surface area contributed by atoms with Crippen LogP contribution in [0.2, 0.25) is 0 Å². The van der Waals surface area contributed by atoms with E-state index >= 15 is 0 Å². The van der Waals surface area contributed by atoms with E-state index < -0.39 is 0 Å². The fraction of sp³-hybridized carbons (Fsp3) is 0.929. The number of thioether (sulfide) groups is 1. The van der Waals surface area contributed by atoms with E-state index in [2.05, 4.69) is 24.5 Å². The van der Waals surface area contributed by atoms with E-state index in [0.717, 1.165) is 31.7 Å². The van der Waals surface area contributed by atoms with E-state index in [1.54, 1.807) is 0 Å². The predicted octanol–water partition coefficient (Wildman–Crippen LogP) is 2.24. The van der Waals surface area contributed by atoms with Crippen LogP contribution in [0.25, 0.3) is 0 Å². The molecule has 0 radical (unpaired) electrons. The first-order valence-electron chi connectivity index (χ1n) is 7.40. The van der Waals surface area contributed by atoms with E-state index in [0.29, 0.717) is 24.0 Å². The van der Waals surface area contributed by atoms with Gasteiger partial charge in [-0.25, -0.2) is 4.79 Å². The molecule has 0 bridgehead atoms. The molecule has 5 heteroatoms. The third-order valence-corrected chi connectivity index (χ3v) is 5.16. The molecule has 0 spiro atoms. The highest BCUT2D eigenvalue weighted by Gasteiger charge is 2.30. The van der Waals surface area contributed by atoms with Crippen LogP contribution in [0.5, 0.6) is 0 Å². The topological polar surface area (TPSA) is 50.4 Å². The zero-order valence-corrected chi connectivity index (χ0v) is 12.8. The van der Waals surface area contributed by atoms with E-state index in [4.69, 9.17) is 4.74 Å². The zero-order chi connectivity index (χ0) is 13.7. The lowest BCUT2D eigenvalue weighted by atomic mass is 9.93. The minimum Gasteiger partial charge on any atom is -0.378 e. The summed E-state index contributed by atoms with van der Waals surface area (Å²) in [6.07, 6.45) is 3.68.